The summed E-state index contributed by atoms with van der Waals surface area (Å²) < 4.78 is 25.7. The molecular formula is C24H21FN4O3. The van der Waals surface area contributed by atoms with Crippen molar-refractivity contribution >= 4 is 5.91 Å². The van der Waals surface area contributed by atoms with Crippen molar-refractivity contribution in [3.8, 4) is 28.4 Å². The summed E-state index contributed by atoms with van der Waals surface area (Å²) in [4.78, 5) is 17.1. The molecule has 32 heavy (non-hydrogen) atoms. The zero-order valence-corrected chi connectivity index (χ0v) is 17.6. The molecule has 1 amide bonds. The maximum atomic E-state index is 13.5. The molecule has 0 saturated carbocycles. The molecule has 0 fully saturated rings. The first kappa shape index (κ1) is 21.0. The number of halogens is 1. The van der Waals surface area contributed by atoms with Gasteiger partial charge < -0.3 is 14.8 Å². The predicted octanol–water partition coefficient (Wildman–Crippen LogP) is 4.02. The van der Waals surface area contributed by atoms with E-state index in [1.807, 2.05) is 12.1 Å². The van der Waals surface area contributed by atoms with E-state index in [0.717, 1.165) is 5.56 Å². The van der Waals surface area contributed by atoms with Gasteiger partial charge in [0.2, 0.25) is 0 Å². The number of rotatable bonds is 7. The van der Waals surface area contributed by atoms with Gasteiger partial charge in [-0.05, 0) is 54.1 Å². The number of ether oxygens (including phenoxy) is 2. The normalized spacial score (nSPS) is 10.6. The third-order valence-corrected chi connectivity index (χ3v) is 4.87. The molecule has 1 N–H and O–H groups in total. The Balaban J connectivity index is 1.73. The Morgan fingerprint density at radius 1 is 1.06 bits per heavy atom. The van der Waals surface area contributed by atoms with Crippen molar-refractivity contribution in [2.24, 2.45) is 0 Å². The molecule has 7 nitrogen and oxygen atoms in total. The van der Waals surface area contributed by atoms with Crippen molar-refractivity contribution in [2.75, 3.05) is 14.2 Å². The van der Waals surface area contributed by atoms with Crippen LogP contribution in [0.15, 0.2) is 73.1 Å². The molecule has 2 heterocycles. The minimum atomic E-state index is -0.375. The molecule has 0 unspecified atom stereocenters. The molecule has 162 valence electrons. The number of aromatic nitrogens is 3. The number of methoxy groups -OCH3 is 2. The molecule has 4 rings (SSSR count). The van der Waals surface area contributed by atoms with E-state index in [4.69, 9.17) is 9.47 Å². The Morgan fingerprint density at radius 2 is 1.88 bits per heavy atom. The van der Waals surface area contributed by atoms with Gasteiger partial charge >= 0.3 is 0 Å². The van der Waals surface area contributed by atoms with Crippen LogP contribution in [-0.4, -0.2) is 34.9 Å². The Morgan fingerprint density at radius 3 is 2.56 bits per heavy atom. The van der Waals surface area contributed by atoms with Crippen molar-refractivity contribution < 1.29 is 18.7 Å². The molecule has 0 radical (unpaired) electrons. The highest BCUT2D eigenvalue weighted by atomic mass is 19.1. The van der Waals surface area contributed by atoms with Gasteiger partial charge in [-0.1, -0.05) is 6.07 Å². The second-order valence-corrected chi connectivity index (χ2v) is 6.91. The average molecular weight is 432 g/mol. The maximum Gasteiger partial charge on any atom is 0.270 e. The van der Waals surface area contributed by atoms with Gasteiger partial charge in [0.15, 0.2) is 0 Å². The monoisotopic (exact) mass is 432 g/mol. The van der Waals surface area contributed by atoms with E-state index in [-0.39, 0.29) is 11.7 Å². The van der Waals surface area contributed by atoms with Crippen LogP contribution in [0.1, 0.15) is 16.1 Å². The first-order valence-corrected chi connectivity index (χ1v) is 9.84. The maximum absolute atomic E-state index is 13.5. The third-order valence-electron chi connectivity index (χ3n) is 4.87. The number of carbonyl (C=O) groups is 1. The molecular weight excluding hydrogens is 411 g/mol. The van der Waals surface area contributed by atoms with E-state index in [0.29, 0.717) is 40.7 Å². The Bertz CT molecular complexity index is 1220. The quantitative estimate of drug-likeness (QED) is 0.477. The van der Waals surface area contributed by atoms with Crippen molar-refractivity contribution in [2.45, 2.75) is 6.54 Å². The van der Waals surface area contributed by atoms with Crippen LogP contribution in [0.5, 0.6) is 11.5 Å². The van der Waals surface area contributed by atoms with Crippen LogP contribution in [0.25, 0.3) is 16.9 Å². The van der Waals surface area contributed by atoms with Crippen LogP contribution in [-0.2, 0) is 6.54 Å². The van der Waals surface area contributed by atoms with Gasteiger partial charge in [-0.25, -0.2) is 9.07 Å². The summed E-state index contributed by atoms with van der Waals surface area (Å²) in [5.41, 5.74) is 2.94. The minimum absolute atomic E-state index is 0.299. The molecule has 0 spiro atoms. The van der Waals surface area contributed by atoms with E-state index in [1.54, 1.807) is 63.0 Å². The smallest absolute Gasteiger partial charge is 0.270 e. The SMILES string of the molecule is COc1ccc(-c2cc(C(=O)NCc3cccnc3)n(-c3ccc(F)cc3)n2)c(OC)c1. The summed E-state index contributed by atoms with van der Waals surface area (Å²) in [6.45, 7) is 0.308. The van der Waals surface area contributed by atoms with Crippen LogP contribution in [0.2, 0.25) is 0 Å². The third kappa shape index (κ3) is 4.44. The number of benzene rings is 2. The topological polar surface area (TPSA) is 78.3 Å². The van der Waals surface area contributed by atoms with E-state index in [9.17, 15) is 9.18 Å². The van der Waals surface area contributed by atoms with Crippen molar-refractivity contribution in [1.82, 2.24) is 20.1 Å². The van der Waals surface area contributed by atoms with Crippen LogP contribution >= 0.6 is 0 Å². The second-order valence-electron chi connectivity index (χ2n) is 6.91. The summed E-state index contributed by atoms with van der Waals surface area (Å²) >= 11 is 0. The molecule has 0 atom stereocenters. The van der Waals surface area contributed by atoms with E-state index < -0.39 is 0 Å². The second kappa shape index (κ2) is 9.30. The molecule has 4 aromatic rings. The first-order chi connectivity index (χ1) is 15.6. The predicted molar refractivity (Wildman–Crippen MR) is 117 cm³/mol. The lowest BCUT2D eigenvalue weighted by Gasteiger charge is -2.09. The molecule has 0 aliphatic rings. The standard InChI is InChI=1S/C24H21FN4O3/c1-31-19-9-10-20(23(12-19)32-2)21-13-22(24(30)27-15-16-4-3-11-26-14-16)29(28-21)18-7-5-17(25)6-8-18/h3-14H,15H2,1-2H3,(H,27,30). The highest BCUT2D eigenvalue weighted by Gasteiger charge is 2.20. The number of amides is 1. The van der Waals surface area contributed by atoms with E-state index >= 15 is 0 Å². The Kier molecular flexibility index (Phi) is 6.12. The average Bonchev–Trinajstić information content (AvgIpc) is 3.28. The molecule has 8 heteroatoms. The first-order valence-electron chi connectivity index (χ1n) is 9.84. The zero-order chi connectivity index (χ0) is 22.5. The number of carbonyl (C=O) groups excluding carboxylic acids is 1. The van der Waals surface area contributed by atoms with Gasteiger partial charge in [0.25, 0.3) is 5.91 Å². The summed E-state index contributed by atoms with van der Waals surface area (Å²) in [5.74, 6) is 0.485. The van der Waals surface area contributed by atoms with E-state index in [2.05, 4.69) is 15.4 Å². The highest BCUT2D eigenvalue weighted by molar-refractivity contribution is 5.94. The van der Waals surface area contributed by atoms with Crippen LogP contribution in [0.3, 0.4) is 0 Å². The summed E-state index contributed by atoms with van der Waals surface area (Å²) in [7, 11) is 3.12. The van der Waals surface area contributed by atoms with Gasteiger partial charge in [-0.2, -0.15) is 5.10 Å². The van der Waals surface area contributed by atoms with Crippen molar-refractivity contribution in [1.29, 1.82) is 0 Å². The van der Waals surface area contributed by atoms with Crippen LogP contribution in [0, 0.1) is 5.82 Å². The highest BCUT2D eigenvalue weighted by Crippen LogP contribution is 2.33. The van der Waals surface area contributed by atoms with Crippen molar-refractivity contribution in [3.05, 3.63) is 90.1 Å². The van der Waals surface area contributed by atoms with Gasteiger partial charge in [-0.15, -0.1) is 0 Å². The number of nitrogens with one attached hydrogen (secondary N) is 1. The van der Waals surface area contributed by atoms with Crippen molar-refractivity contribution in [3.63, 3.8) is 0 Å². The van der Waals surface area contributed by atoms with Gasteiger partial charge in [0, 0.05) is 30.6 Å². The lowest BCUT2D eigenvalue weighted by molar-refractivity contribution is 0.0943. The summed E-state index contributed by atoms with van der Waals surface area (Å²) in [6, 6.07) is 16.5. The summed E-state index contributed by atoms with van der Waals surface area (Å²) in [5, 5.41) is 7.50. The molecule has 0 bridgehead atoms. The lowest BCUT2D eigenvalue weighted by Crippen LogP contribution is -2.25. The Hall–Kier alpha value is -4.20. The van der Waals surface area contributed by atoms with Crippen LogP contribution in [0.4, 0.5) is 4.39 Å². The minimum Gasteiger partial charge on any atom is -0.497 e. The van der Waals surface area contributed by atoms with Gasteiger partial charge in [-0.3, -0.25) is 9.78 Å². The summed E-state index contributed by atoms with van der Waals surface area (Å²) in [6.07, 6.45) is 3.36. The molecule has 2 aromatic carbocycles. The molecule has 0 aliphatic heterocycles. The Labute approximate surface area is 184 Å². The number of pyridine rings is 1. The lowest BCUT2D eigenvalue weighted by atomic mass is 10.1. The number of hydrogen-bond donors (Lipinski definition) is 1. The fourth-order valence-electron chi connectivity index (χ4n) is 3.24. The fraction of sp³-hybridized carbons (Fsp3) is 0.125. The van der Waals surface area contributed by atoms with Crippen LogP contribution < -0.4 is 14.8 Å². The molecule has 0 saturated heterocycles. The van der Waals surface area contributed by atoms with Gasteiger partial charge in [0.1, 0.15) is 23.0 Å². The zero-order valence-electron chi connectivity index (χ0n) is 17.6. The number of nitrogens with zero attached hydrogens (tertiary/aromatic N) is 3. The van der Waals surface area contributed by atoms with E-state index in [1.165, 1.54) is 16.8 Å². The molecule has 0 aliphatic carbocycles. The largest absolute Gasteiger partial charge is 0.497 e. The fourth-order valence-corrected chi connectivity index (χ4v) is 3.24. The van der Waals surface area contributed by atoms with Gasteiger partial charge in [0.05, 0.1) is 25.6 Å². The number of hydrogen-bond acceptors (Lipinski definition) is 5. The molecule has 2 aromatic heterocycles.